The molecule has 0 radical (unpaired) electrons. The minimum atomic E-state index is 0.137. The van der Waals surface area contributed by atoms with E-state index < -0.39 is 0 Å². The molecule has 1 spiro atoms. The number of aryl methyl sites for hydroxylation is 1. The van der Waals surface area contributed by atoms with Crippen LogP contribution in [-0.4, -0.2) is 52.6 Å². The maximum Gasteiger partial charge on any atom is 0.227 e. The van der Waals surface area contributed by atoms with Gasteiger partial charge in [-0.05, 0) is 57.2 Å². The summed E-state index contributed by atoms with van der Waals surface area (Å²) in [5.74, 6) is 1.46. The van der Waals surface area contributed by atoms with E-state index in [1.54, 1.807) is 0 Å². The van der Waals surface area contributed by atoms with E-state index in [9.17, 15) is 4.79 Å². The van der Waals surface area contributed by atoms with Crippen LogP contribution >= 0.6 is 0 Å². The highest BCUT2D eigenvalue weighted by Crippen LogP contribution is 2.56. The number of piperidine rings is 2. The highest BCUT2D eigenvalue weighted by molar-refractivity contribution is 5.80. The fourth-order valence-corrected chi connectivity index (χ4v) is 4.57. The molecule has 4 rings (SSSR count). The highest BCUT2D eigenvalue weighted by atomic mass is 16.2. The first-order valence-electron chi connectivity index (χ1n) is 9.38. The fourth-order valence-electron chi connectivity index (χ4n) is 4.57. The van der Waals surface area contributed by atoms with Gasteiger partial charge in [-0.25, -0.2) is 4.98 Å². The first-order valence-corrected chi connectivity index (χ1v) is 9.38. The molecule has 1 saturated carbocycles. The zero-order valence-electron chi connectivity index (χ0n) is 14.6. The second-order valence-corrected chi connectivity index (χ2v) is 7.80. The third-order valence-electron chi connectivity index (χ3n) is 6.28. The topological polar surface area (TPSA) is 62.2 Å². The lowest BCUT2D eigenvalue weighted by Crippen LogP contribution is -2.46. The van der Waals surface area contributed by atoms with Crippen molar-refractivity contribution in [2.24, 2.45) is 18.4 Å². The van der Waals surface area contributed by atoms with E-state index >= 15 is 0 Å². The maximum absolute atomic E-state index is 13.3. The predicted molar refractivity (Wildman–Crippen MR) is 92.3 cm³/mol. The van der Waals surface area contributed by atoms with Crippen molar-refractivity contribution in [3.05, 3.63) is 18.2 Å². The summed E-state index contributed by atoms with van der Waals surface area (Å²) < 4.78 is 2.04. The van der Waals surface area contributed by atoms with Crippen molar-refractivity contribution >= 4 is 5.91 Å². The average Bonchev–Trinajstić information content (AvgIpc) is 3.13. The molecule has 0 unspecified atom stereocenters. The predicted octanol–water partition coefficient (Wildman–Crippen LogP) is 0.890. The van der Waals surface area contributed by atoms with Crippen LogP contribution in [0, 0.1) is 11.3 Å². The van der Waals surface area contributed by atoms with Crippen LogP contribution in [0.3, 0.4) is 0 Å². The number of carbonyl (C=O) groups excluding carboxylic acids is 1. The monoisotopic (exact) mass is 331 g/mol. The summed E-state index contributed by atoms with van der Waals surface area (Å²) in [6.07, 6.45) is 9.48. The van der Waals surface area contributed by atoms with E-state index in [1.165, 1.54) is 19.3 Å². The van der Waals surface area contributed by atoms with Gasteiger partial charge in [-0.1, -0.05) is 0 Å². The normalized spacial score (nSPS) is 28.7. The number of aromatic nitrogens is 2. The van der Waals surface area contributed by atoms with Crippen molar-refractivity contribution in [3.8, 4) is 0 Å². The lowest BCUT2D eigenvalue weighted by atomic mass is 9.92. The Kier molecular flexibility index (Phi) is 4.35. The van der Waals surface area contributed by atoms with Gasteiger partial charge in [0.1, 0.15) is 5.82 Å². The number of hydrogen-bond donors (Lipinski definition) is 2. The molecule has 2 aliphatic heterocycles. The Morgan fingerprint density at radius 3 is 2.88 bits per heavy atom. The van der Waals surface area contributed by atoms with Gasteiger partial charge < -0.3 is 20.1 Å². The Morgan fingerprint density at radius 1 is 1.38 bits per heavy atom. The van der Waals surface area contributed by atoms with Crippen LogP contribution in [0.2, 0.25) is 0 Å². The number of carbonyl (C=O) groups is 1. The van der Waals surface area contributed by atoms with Crippen molar-refractivity contribution < 1.29 is 4.79 Å². The molecule has 3 heterocycles. The largest absolute Gasteiger partial charge is 0.337 e. The first kappa shape index (κ1) is 16.1. The minimum absolute atomic E-state index is 0.137. The second-order valence-electron chi connectivity index (χ2n) is 7.80. The number of nitrogens with one attached hydrogen (secondary N) is 2. The van der Waals surface area contributed by atoms with Gasteiger partial charge in [-0.3, -0.25) is 4.79 Å². The van der Waals surface area contributed by atoms with E-state index in [0.29, 0.717) is 23.9 Å². The van der Waals surface area contributed by atoms with Gasteiger partial charge in [-0.15, -0.1) is 0 Å². The molecule has 1 aromatic rings. The maximum atomic E-state index is 13.3. The highest BCUT2D eigenvalue weighted by Gasteiger charge is 2.58. The summed E-state index contributed by atoms with van der Waals surface area (Å²) in [5, 5.41) is 6.85. The van der Waals surface area contributed by atoms with E-state index in [2.05, 4.69) is 20.5 Å². The molecule has 0 aromatic carbocycles. The standard InChI is InChI=1S/C18H29N5O/c1-22-10-9-21-16(22)13-23(17(24)14-3-2-6-20-12-14)15-11-18(15)4-7-19-8-5-18/h9-10,14-15,19-20H,2-8,11-13H2,1H3/t14-,15-/m0/s1. The summed E-state index contributed by atoms with van der Waals surface area (Å²) in [4.78, 5) is 19.9. The van der Waals surface area contributed by atoms with Gasteiger partial charge in [0.15, 0.2) is 0 Å². The molecule has 2 saturated heterocycles. The SMILES string of the molecule is Cn1ccnc1CN(C(=O)[C@H]1CCCNC1)[C@H]1CC12CCNCC2. The Hall–Kier alpha value is -1.40. The number of hydrogen-bond acceptors (Lipinski definition) is 4. The lowest BCUT2D eigenvalue weighted by Gasteiger charge is -2.33. The molecule has 0 bridgehead atoms. The van der Waals surface area contributed by atoms with Gasteiger partial charge in [0.25, 0.3) is 0 Å². The van der Waals surface area contributed by atoms with Crippen LogP contribution in [0.4, 0.5) is 0 Å². The van der Waals surface area contributed by atoms with Crippen LogP contribution in [0.5, 0.6) is 0 Å². The number of rotatable bonds is 4. The smallest absolute Gasteiger partial charge is 0.227 e. The third kappa shape index (κ3) is 2.97. The Labute approximate surface area is 144 Å². The summed E-state index contributed by atoms with van der Waals surface area (Å²) >= 11 is 0. The molecule has 24 heavy (non-hydrogen) atoms. The first-order chi connectivity index (χ1) is 11.7. The molecule has 1 aromatic heterocycles. The number of nitrogens with zero attached hydrogens (tertiary/aromatic N) is 3. The van der Waals surface area contributed by atoms with E-state index in [4.69, 9.17) is 0 Å². The molecule has 2 N–H and O–H groups in total. The molecule has 3 fully saturated rings. The Bertz CT molecular complexity index is 586. The molecule has 1 aliphatic carbocycles. The lowest BCUT2D eigenvalue weighted by molar-refractivity contribution is -0.138. The minimum Gasteiger partial charge on any atom is -0.337 e. The van der Waals surface area contributed by atoms with Gasteiger partial charge in [0.2, 0.25) is 5.91 Å². The zero-order chi connectivity index (χ0) is 16.6. The van der Waals surface area contributed by atoms with Gasteiger partial charge in [0, 0.05) is 32.0 Å². The van der Waals surface area contributed by atoms with E-state index in [0.717, 1.165) is 44.8 Å². The van der Waals surface area contributed by atoms with Gasteiger partial charge in [0.05, 0.1) is 12.5 Å². The molecule has 3 aliphatic rings. The third-order valence-corrected chi connectivity index (χ3v) is 6.28. The quantitative estimate of drug-likeness (QED) is 0.860. The summed E-state index contributed by atoms with van der Waals surface area (Å²) in [7, 11) is 2.01. The van der Waals surface area contributed by atoms with Crippen LogP contribution in [-0.2, 0) is 18.4 Å². The second kappa shape index (κ2) is 6.48. The van der Waals surface area contributed by atoms with E-state index in [-0.39, 0.29) is 5.92 Å². The van der Waals surface area contributed by atoms with E-state index in [1.807, 2.05) is 24.0 Å². The average molecular weight is 331 g/mol. The van der Waals surface area contributed by atoms with Crippen molar-refractivity contribution in [1.29, 1.82) is 0 Å². The number of imidazole rings is 1. The van der Waals surface area contributed by atoms with Crippen molar-refractivity contribution in [3.63, 3.8) is 0 Å². The fraction of sp³-hybridized carbons (Fsp3) is 0.778. The summed E-state index contributed by atoms with van der Waals surface area (Å²) in [5.41, 5.74) is 0.369. The molecule has 6 nitrogen and oxygen atoms in total. The summed E-state index contributed by atoms with van der Waals surface area (Å²) in [6.45, 7) is 4.70. The molecule has 132 valence electrons. The molecular weight excluding hydrogens is 302 g/mol. The van der Waals surface area contributed by atoms with Crippen LogP contribution in [0.25, 0.3) is 0 Å². The molecule has 1 amide bonds. The Balaban J connectivity index is 1.53. The molecule has 2 atom stereocenters. The summed E-state index contributed by atoms with van der Waals surface area (Å²) in [6, 6.07) is 0.408. The Morgan fingerprint density at radius 2 is 2.21 bits per heavy atom. The van der Waals surface area contributed by atoms with Crippen molar-refractivity contribution in [2.75, 3.05) is 26.2 Å². The van der Waals surface area contributed by atoms with Gasteiger partial charge >= 0.3 is 0 Å². The van der Waals surface area contributed by atoms with Gasteiger partial charge in [-0.2, -0.15) is 0 Å². The van der Waals surface area contributed by atoms with Crippen LogP contribution in [0.1, 0.15) is 37.9 Å². The zero-order valence-corrected chi connectivity index (χ0v) is 14.6. The number of amides is 1. The molecule has 6 heteroatoms. The molecular formula is C18H29N5O. The van der Waals surface area contributed by atoms with Crippen LogP contribution < -0.4 is 10.6 Å². The van der Waals surface area contributed by atoms with Crippen molar-refractivity contribution in [1.82, 2.24) is 25.1 Å². The van der Waals surface area contributed by atoms with Crippen molar-refractivity contribution in [2.45, 2.75) is 44.7 Å². The van der Waals surface area contributed by atoms with Crippen LogP contribution in [0.15, 0.2) is 12.4 Å².